The van der Waals surface area contributed by atoms with E-state index in [1.54, 1.807) is 42.5 Å². The average Bonchev–Trinajstić information content (AvgIpc) is 2.80. The van der Waals surface area contributed by atoms with Crippen LogP contribution >= 0.6 is 11.6 Å². The van der Waals surface area contributed by atoms with Gasteiger partial charge in [0.05, 0.1) is 13.7 Å². The molecule has 0 spiro atoms. The summed E-state index contributed by atoms with van der Waals surface area (Å²) >= 11 is 5.83. The molecule has 0 aliphatic rings. The van der Waals surface area contributed by atoms with Crippen molar-refractivity contribution in [1.29, 1.82) is 5.26 Å². The molecule has 0 fully saturated rings. The summed E-state index contributed by atoms with van der Waals surface area (Å²) in [5, 5.41) is 12.5. The van der Waals surface area contributed by atoms with Gasteiger partial charge in [0.1, 0.15) is 17.4 Å². The van der Waals surface area contributed by atoms with E-state index in [1.165, 1.54) is 13.2 Å². The van der Waals surface area contributed by atoms with Gasteiger partial charge in [0, 0.05) is 18.0 Å². The lowest BCUT2D eigenvalue weighted by Crippen LogP contribution is -2.25. The first-order valence-electron chi connectivity index (χ1n) is 10.1. The zero-order valence-electron chi connectivity index (χ0n) is 18.0. The summed E-state index contributed by atoms with van der Waals surface area (Å²) in [5.74, 6) is 0.374. The van der Waals surface area contributed by atoms with Crippen LogP contribution in [0.2, 0.25) is 5.02 Å². The van der Waals surface area contributed by atoms with Gasteiger partial charge in [-0.15, -0.1) is 0 Å². The third-order valence-electron chi connectivity index (χ3n) is 4.23. The van der Waals surface area contributed by atoms with Crippen molar-refractivity contribution >= 4 is 29.6 Å². The molecule has 2 aromatic rings. The summed E-state index contributed by atoms with van der Waals surface area (Å²) in [6.07, 6.45) is 2.86. The fourth-order valence-electron chi connectivity index (χ4n) is 2.62. The maximum atomic E-state index is 12.2. The summed E-state index contributed by atoms with van der Waals surface area (Å²) in [7, 11) is 1.44. The molecule has 32 heavy (non-hydrogen) atoms. The van der Waals surface area contributed by atoms with Crippen LogP contribution in [0.1, 0.15) is 31.7 Å². The van der Waals surface area contributed by atoms with E-state index in [2.05, 4.69) is 5.32 Å². The minimum absolute atomic E-state index is 0.0223. The van der Waals surface area contributed by atoms with Gasteiger partial charge in [-0.2, -0.15) is 5.26 Å². The van der Waals surface area contributed by atoms with Gasteiger partial charge < -0.3 is 19.5 Å². The molecule has 0 aliphatic carbocycles. The lowest BCUT2D eigenvalue weighted by Gasteiger charge is -2.11. The van der Waals surface area contributed by atoms with Crippen molar-refractivity contribution in [2.24, 2.45) is 0 Å². The normalized spacial score (nSPS) is 10.8. The van der Waals surface area contributed by atoms with Crippen LogP contribution in [0.3, 0.4) is 0 Å². The van der Waals surface area contributed by atoms with Crippen molar-refractivity contribution < 1.29 is 23.8 Å². The lowest BCUT2D eigenvalue weighted by molar-refractivity contribution is -0.134. The molecular weight excluding hydrogens is 432 g/mol. The number of hydrogen-bond donors (Lipinski definition) is 1. The lowest BCUT2D eigenvalue weighted by atomic mass is 10.1. The van der Waals surface area contributed by atoms with Gasteiger partial charge in [-0.25, -0.2) is 0 Å². The number of ether oxygens (including phenoxy) is 3. The maximum absolute atomic E-state index is 12.2. The Kier molecular flexibility index (Phi) is 10.1. The average molecular weight is 457 g/mol. The highest BCUT2D eigenvalue weighted by molar-refractivity contribution is 6.30. The molecule has 0 saturated carbocycles. The molecule has 1 amide bonds. The number of rotatable bonds is 11. The number of benzene rings is 2. The number of nitrogens with zero attached hydrogens (tertiary/aromatic N) is 1. The topological polar surface area (TPSA) is 97.7 Å². The quantitative estimate of drug-likeness (QED) is 0.175. The summed E-state index contributed by atoms with van der Waals surface area (Å²) in [6, 6.07) is 13.7. The Balaban J connectivity index is 1.93. The van der Waals surface area contributed by atoms with Crippen molar-refractivity contribution in [3.8, 4) is 23.3 Å². The van der Waals surface area contributed by atoms with Crippen LogP contribution in [-0.2, 0) is 9.59 Å². The predicted octanol–water partition coefficient (Wildman–Crippen LogP) is 4.55. The van der Waals surface area contributed by atoms with Gasteiger partial charge in [-0.05, 0) is 60.9 Å². The highest BCUT2D eigenvalue weighted by Gasteiger charge is 2.13. The highest BCUT2D eigenvalue weighted by atomic mass is 35.5. The third kappa shape index (κ3) is 7.97. The summed E-state index contributed by atoms with van der Waals surface area (Å²) in [6.45, 7) is 2.77. The molecule has 0 atom stereocenters. The third-order valence-corrected chi connectivity index (χ3v) is 4.48. The number of carbonyl (C=O) groups excluding carboxylic acids is 2. The zero-order chi connectivity index (χ0) is 23.3. The minimum Gasteiger partial charge on any atom is -0.494 e. The van der Waals surface area contributed by atoms with Crippen molar-refractivity contribution in [1.82, 2.24) is 5.32 Å². The summed E-state index contributed by atoms with van der Waals surface area (Å²) in [5.41, 5.74) is 0.548. The predicted molar refractivity (Wildman–Crippen MR) is 122 cm³/mol. The molecule has 8 heteroatoms. The van der Waals surface area contributed by atoms with Crippen molar-refractivity contribution in [2.45, 2.75) is 26.2 Å². The van der Waals surface area contributed by atoms with E-state index in [9.17, 15) is 14.9 Å². The second kappa shape index (κ2) is 13.0. The van der Waals surface area contributed by atoms with Crippen LogP contribution in [0, 0.1) is 11.3 Å². The van der Waals surface area contributed by atoms with Crippen LogP contribution in [0.4, 0.5) is 0 Å². The van der Waals surface area contributed by atoms with E-state index < -0.39 is 11.9 Å². The molecule has 7 nitrogen and oxygen atoms in total. The number of amides is 1. The first-order chi connectivity index (χ1) is 15.5. The number of hydrogen-bond acceptors (Lipinski definition) is 6. The standard InChI is InChI=1S/C24H25ClN2O5/c1-3-12-27-24(29)18(16-26)14-17-6-11-21(22(15-17)30-2)32-23(28)5-4-13-31-20-9-7-19(25)8-10-20/h6-11,14-15H,3-5,12-13H2,1-2H3,(H,27,29)/b18-14+. The summed E-state index contributed by atoms with van der Waals surface area (Å²) in [4.78, 5) is 24.2. The molecule has 1 N–H and O–H groups in total. The van der Waals surface area contributed by atoms with E-state index in [4.69, 9.17) is 25.8 Å². The zero-order valence-corrected chi connectivity index (χ0v) is 18.8. The van der Waals surface area contributed by atoms with E-state index in [-0.39, 0.29) is 17.7 Å². The van der Waals surface area contributed by atoms with Gasteiger partial charge in [-0.1, -0.05) is 24.6 Å². The van der Waals surface area contributed by atoms with Crippen molar-refractivity contribution in [3.05, 3.63) is 58.6 Å². The van der Waals surface area contributed by atoms with Gasteiger partial charge >= 0.3 is 5.97 Å². The second-order valence-corrected chi connectivity index (χ2v) is 7.15. The van der Waals surface area contributed by atoms with Gasteiger partial charge in [-0.3, -0.25) is 9.59 Å². The Bertz CT molecular complexity index is 996. The number of methoxy groups -OCH3 is 1. The van der Waals surface area contributed by atoms with Crippen LogP contribution in [-0.4, -0.2) is 32.1 Å². The molecule has 168 valence electrons. The molecule has 0 heterocycles. The molecule has 0 radical (unpaired) electrons. The molecule has 2 aromatic carbocycles. The van der Waals surface area contributed by atoms with Crippen LogP contribution in [0.25, 0.3) is 6.08 Å². The monoisotopic (exact) mass is 456 g/mol. The molecular formula is C24H25ClN2O5. The Morgan fingerprint density at radius 3 is 2.56 bits per heavy atom. The smallest absolute Gasteiger partial charge is 0.311 e. The molecule has 0 saturated heterocycles. The van der Waals surface area contributed by atoms with Crippen molar-refractivity contribution in [3.63, 3.8) is 0 Å². The Hall–Kier alpha value is -3.50. The number of nitriles is 1. The Morgan fingerprint density at radius 1 is 1.16 bits per heavy atom. The van der Waals surface area contributed by atoms with E-state index in [0.717, 1.165) is 6.42 Å². The van der Waals surface area contributed by atoms with Gasteiger partial charge in [0.2, 0.25) is 0 Å². The van der Waals surface area contributed by atoms with Gasteiger partial charge in [0.15, 0.2) is 11.5 Å². The van der Waals surface area contributed by atoms with Gasteiger partial charge in [0.25, 0.3) is 5.91 Å². The fourth-order valence-corrected chi connectivity index (χ4v) is 2.74. The number of halogens is 1. The molecule has 0 aromatic heterocycles. The Morgan fingerprint density at radius 2 is 1.91 bits per heavy atom. The van der Waals surface area contributed by atoms with Crippen LogP contribution in [0.15, 0.2) is 48.0 Å². The summed E-state index contributed by atoms with van der Waals surface area (Å²) < 4.78 is 16.2. The number of nitrogens with one attached hydrogen (secondary N) is 1. The maximum Gasteiger partial charge on any atom is 0.311 e. The first-order valence-corrected chi connectivity index (χ1v) is 10.5. The number of esters is 1. The number of carbonyl (C=O) groups is 2. The molecule has 0 aliphatic heterocycles. The van der Waals surface area contributed by atoms with Crippen LogP contribution in [0.5, 0.6) is 17.2 Å². The fraction of sp³-hybridized carbons (Fsp3) is 0.292. The SMILES string of the molecule is CCCNC(=O)/C(C#N)=C/c1ccc(OC(=O)CCCOc2ccc(Cl)cc2)c(OC)c1. The second-order valence-electron chi connectivity index (χ2n) is 6.72. The van der Waals surface area contributed by atoms with E-state index in [1.807, 2.05) is 13.0 Å². The van der Waals surface area contributed by atoms with E-state index >= 15 is 0 Å². The van der Waals surface area contributed by atoms with Crippen LogP contribution < -0.4 is 19.5 Å². The molecule has 0 unspecified atom stereocenters. The molecule has 2 rings (SSSR count). The Labute approximate surface area is 192 Å². The van der Waals surface area contributed by atoms with Crippen molar-refractivity contribution in [2.75, 3.05) is 20.3 Å². The minimum atomic E-state index is -0.440. The molecule has 0 bridgehead atoms. The highest BCUT2D eigenvalue weighted by Crippen LogP contribution is 2.29. The largest absolute Gasteiger partial charge is 0.494 e. The van der Waals surface area contributed by atoms with E-state index in [0.29, 0.717) is 41.7 Å². The first kappa shape index (κ1) is 24.8.